The van der Waals surface area contributed by atoms with Gasteiger partial charge in [0.1, 0.15) is 11.9 Å². The summed E-state index contributed by atoms with van der Waals surface area (Å²) in [6.07, 6.45) is 1.61. The van der Waals surface area contributed by atoms with Crippen LogP contribution >= 0.6 is 0 Å². The van der Waals surface area contributed by atoms with Crippen LogP contribution in [-0.4, -0.2) is 49.1 Å². The van der Waals surface area contributed by atoms with Crippen LogP contribution in [0.5, 0.6) is 0 Å². The molecule has 1 fully saturated rings. The minimum atomic E-state index is -0.413. The van der Waals surface area contributed by atoms with E-state index in [1.54, 1.807) is 25.1 Å². The van der Waals surface area contributed by atoms with E-state index in [2.05, 4.69) is 5.32 Å². The molecule has 0 aliphatic carbocycles. The topological polar surface area (TPSA) is 59.4 Å². The molecule has 0 unspecified atom stereocenters. The third kappa shape index (κ3) is 3.63. The van der Waals surface area contributed by atoms with E-state index in [0.717, 1.165) is 12.8 Å². The Kier molecular flexibility index (Phi) is 4.63. The zero-order valence-corrected chi connectivity index (χ0v) is 12.3. The number of amides is 2. The fourth-order valence-electron chi connectivity index (χ4n) is 2.45. The number of carbonyl (C=O) groups excluding carboxylic acids is 1. The van der Waals surface area contributed by atoms with Crippen LogP contribution in [0.2, 0.25) is 0 Å². The molecule has 1 aliphatic heterocycles. The number of nitriles is 1. The summed E-state index contributed by atoms with van der Waals surface area (Å²) in [5.41, 5.74) is 0.957. The minimum Gasteiger partial charge on any atom is -0.381 e. The molecule has 0 radical (unpaired) electrons. The van der Waals surface area contributed by atoms with Crippen LogP contribution in [0.4, 0.5) is 14.9 Å². The zero-order valence-electron chi connectivity index (χ0n) is 12.3. The van der Waals surface area contributed by atoms with Crippen molar-refractivity contribution in [3.8, 4) is 6.07 Å². The molecule has 1 aliphatic rings. The summed E-state index contributed by atoms with van der Waals surface area (Å²) in [5, 5.41) is 12.3. The third-order valence-electron chi connectivity index (χ3n) is 3.61. The molecule has 2 amide bonds. The van der Waals surface area contributed by atoms with Gasteiger partial charge in [0, 0.05) is 33.2 Å². The number of likely N-dealkylation sites (tertiary alicyclic amines) is 1. The molecule has 6 heteroatoms. The van der Waals surface area contributed by atoms with Crippen LogP contribution in [0.1, 0.15) is 18.4 Å². The molecule has 1 aromatic rings. The van der Waals surface area contributed by atoms with E-state index >= 15 is 0 Å². The number of piperidine rings is 1. The summed E-state index contributed by atoms with van der Waals surface area (Å²) in [4.78, 5) is 15.2. The molecule has 1 heterocycles. The predicted molar refractivity (Wildman–Crippen MR) is 78.4 cm³/mol. The van der Waals surface area contributed by atoms with Crippen LogP contribution in [0.3, 0.4) is 0 Å². The molecule has 0 spiro atoms. The van der Waals surface area contributed by atoms with Gasteiger partial charge in [-0.2, -0.15) is 5.26 Å². The first-order valence-corrected chi connectivity index (χ1v) is 6.93. The molecular weight excluding hydrogens is 271 g/mol. The molecule has 5 nitrogen and oxygen atoms in total. The normalized spacial score (nSPS) is 15.4. The average molecular weight is 290 g/mol. The quantitative estimate of drug-likeness (QED) is 0.909. The summed E-state index contributed by atoms with van der Waals surface area (Å²) < 4.78 is 13.1. The highest BCUT2D eigenvalue weighted by molar-refractivity contribution is 5.74. The molecule has 112 valence electrons. The Bertz CT molecular complexity index is 559. The lowest BCUT2D eigenvalue weighted by molar-refractivity contribution is 0.158. The van der Waals surface area contributed by atoms with Gasteiger partial charge >= 0.3 is 6.03 Å². The number of carbonyl (C=O) groups is 1. The molecule has 2 rings (SSSR count). The summed E-state index contributed by atoms with van der Waals surface area (Å²) in [5.74, 6) is -0.413. The fraction of sp³-hybridized carbons (Fsp3) is 0.467. The Morgan fingerprint density at radius 3 is 2.67 bits per heavy atom. The molecule has 1 saturated heterocycles. The molecule has 0 bridgehead atoms. The first-order valence-electron chi connectivity index (χ1n) is 6.93. The maximum absolute atomic E-state index is 13.1. The highest BCUT2D eigenvalue weighted by Gasteiger charge is 2.24. The number of nitrogens with one attached hydrogen (secondary N) is 1. The van der Waals surface area contributed by atoms with Crippen molar-refractivity contribution in [2.24, 2.45) is 0 Å². The van der Waals surface area contributed by atoms with Crippen molar-refractivity contribution >= 4 is 11.7 Å². The Morgan fingerprint density at radius 1 is 1.43 bits per heavy atom. The second-order valence-corrected chi connectivity index (χ2v) is 5.38. The number of anilines is 1. The number of benzene rings is 1. The van der Waals surface area contributed by atoms with Crippen molar-refractivity contribution in [2.75, 3.05) is 32.5 Å². The number of rotatable bonds is 2. The van der Waals surface area contributed by atoms with E-state index in [-0.39, 0.29) is 12.1 Å². The second-order valence-electron chi connectivity index (χ2n) is 5.38. The van der Waals surface area contributed by atoms with Crippen molar-refractivity contribution in [1.29, 1.82) is 5.26 Å². The molecule has 1 aromatic carbocycles. The standard InChI is InChI=1S/C15H19FN4O/c1-19(2)15(21)20-7-5-13(6-8-20)18-14-4-3-12(16)9-11(14)10-17/h3-4,9,13,18H,5-8H2,1-2H3. The summed E-state index contributed by atoms with van der Waals surface area (Å²) >= 11 is 0. The maximum atomic E-state index is 13.1. The van der Waals surface area contributed by atoms with Gasteiger partial charge in [-0.3, -0.25) is 0 Å². The Morgan fingerprint density at radius 2 is 2.10 bits per heavy atom. The van der Waals surface area contributed by atoms with Gasteiger partial charge in [-0.1, -0.05) is 0 Å². The fourth-order valence-corrected chi connectivity index (χ4v) is 2.45. The Balaban J connectivity index is 1.95. The molecule has 0 aromatic heterocycles. The SMILES string of the molecule is CN(C)C(=O)N1CCC(Nc2ccc(F)cc2C#N)CC1. The van der Waals surface area contributed by atoms with E-state index in [4.69, 9.17) is 5.26 Å². The van der Waals surface area contributed by atoms with Gasteiger partial charge in [0.25, 0.3) is 0 Å². The smallest absolute Gasteiger partial charge is 0.319 e. The van der Waals surface area contributed by atoms with E-state index < -0.39 is 5.82 Å². The van der Waals surface area contributed by atoms with E-state index in [0.29, 0.717) is 24.3 Å². The van der Waals surface area contributed by atoms with Crippen molar-refractivity contribution in [2.45, 2.75) is 18.9 Å². The Labute approximate surface area is 123 Å². The first kappa shape index (κ1) is 15.1. The first-order chi connectivity index (χ1) is 10.0. The van der Waals surface area contributed by atoms with Gasteiger partial charge in [0.15, 0.2) is 0 Å². The van der Waals surface area contributed by atoms with Crippen LogP contribution in [0.25, 0.3) is 0 Å². The second kappa shape index (κ2) is 6.44. The highest BCUT2D eigenvalue weighted by Crippen LogP contribution is 2.21. The zero-order chi connectivity index (χ0) is 15.4. The lowest BCUT2D eigenvalue weighted by Gasteiger charge is -2.34. The number of hydrogen-bond donors (Lipinski definition) is 1. The summed E-state index contributed by atoms with van der Waals surface area (Å²) in [6.45, 7) is 1.36. The number of urea groups is 1. The number of nitrogens with zero attached hydrogens (tertiary/aromatic N) is 3. The summed E-state index contributed by atoms with van der Waals surface area (Å²) in [7, 11) is 3.48. The molecule has 21 heavy (non-hydrogen) atoms. The van der Waals surface area contributed by atoms with Crippen molar-refractivity contribution in [3.05, 3.63) is 29.6 Å². The minimum absolute atomic E-state index is 0.0212. The van der Waals surface area contributed by atoms with Crippen LogP contribution in [-0.2, 0) is 0 Å². The van der Waals surface area contributed by atoms with Crippen LogP contribution in [0.15, 0.2) is 18.2 Å². The van der Waals surface area contributed by atoms with Crippen LogP contribution in [0, 0.1) is 17.1 Å². The van der Waals surface area contributed by atoms with Crippen molar-refractivity contribution in [1.82, 2.24) is 9.80 Å². The number of halogens is 1. The molecule has 0 atom stereocenters. The number of hydrogen-bond acceptors (Lipinski definition) is 3. The van der Waals surface area contributed by atoms with E-state index in [1.165, 1.54) is 12.1 Å². The van der Waals surface area contributed by atoms with Gasteiger partial charge in [0.2, 0.25) is 0 Å². The van der Waals surface area contributed by atoms with E-state index in [9.17, 15) is 9.18 Å². The molecule has 0 saturated carbocycles. The van der Waals surface area contributed by atoms with E-state index in [1.807, 2.05) is 11.0 Å². The van der Waals surface area contributed by atoms with Crippen LogP contribution < -0.4 is 5.32 Å². The van der Waals surface area contributed by atoms with Gasteiger partial charge in [-0.05, 0) is 31.0 Å². The lowest BCUT2D eigenvalue weighted by Crippen LogP contribution is -2.46. The lowest BCUT2D eigenvalue weighted by atomic mass is 10.0. The Hall–Kier alpha value is -2.29. The van der Waals surface area contributed by atoms with Crippen molar-refractivity contribution in [3.63, 3.8) is 0 Å². The van der Waals surface area contributed by atoms with Gasteiger partial charge in [-0.25, -0.2) is 9.18 Å². The average Bonchev–Trinajstić information content (AvgIpc) is 2.49. The summed E-state index contributed by atoms with van der Waals surface area (Å²) in [6, 6.07) is 6.36. The monoisotopic (exact) mass is 290 g/mol. The maximum Gasteiger partial charge on any atom is 0.319 e. The van der Waals surface area contributed by atoms with Gasteiger partial charge in [-0.15, -0.1) is 0 Å². The highest BCUT2D eigenvalue weighted by atomic mass is 19.1. The van der Waals surface area contributed by atoms with Gasteiger partial charge < -0.3 is 15.1 Å². The third-order valence-corrected chi connectivity index (χ3v) is 3.61. The van der Waals surface area contributed by atoms with Crippen molar-refractivity contribution < 1.29 is 9.18 Å². The molecule has 1 N–H and O–H groups in total. The predicted octanol–water partition coefficient (Wildman–Crippen LogP) is 2.26. The largest absolute Gasteiger partial charge is 0.381 e. The van der Waals surface area contributed by atoms with Gasteiger partial charge in [0.05, 0.1) is 11.3 Å². The molecular formula is C15H19FN4O.